The van der Waals surface area contributed by atoms with Gasteiger partial charge in [0.15, 0.2) is 0 Å². The first-order chi connectivity index (χ1) is 13.3. The summed E-state index contributed by atoms with van der Waals surface area (Å²) in [6.45, 7) is 8.57. The molecule has 1 amide bonds. The number of benzene rings is 1. The Bertz CT molecular complexity index is 853. The second-order valence-electron chi connectivity index (χ2n) is 7.69. The third-order valence-electron chi connectivity index (χ3n) is 4.47. The van der Waals surface area contributed by atoms with E-state index in [1.807, 2.05) is 45.0 Å². The molecule has 7 heteroatoms. The number of H-pyrrole nitrogens is 1. The molecule has 1 aromatic heterocycles. The number of esters is 1. The quantitative estimate of drug-likeness (QED) is 0.757. The highest BCUT2D eigenvalue weighted by Crippen LogP contribution is 2.35. The van der Waals surface area contributed by atoms with Gasteiger partial charge in [-0.2, -0.15) is 0 Å². The van der Waals surface area contributed by atoms with E-state index in [2.05, 4.69) is 10.3 Å². The molecule has 0 bridgehead atoms. The highest BCUT2D eigenvalue weighted by atomic mass is 16.6. The number of hydrogen-bond acceptors (Lipinski definition) is 5. The zero-order chi connectivity index (χ0) is 20.3. The summed E-state index contributed by atoms with van der Waals surface area (Å²) in [6, 6.07) is 9.56. The topological polar surface area (TPSA) is 83.7 Å². The Morgan fingerprint density at radius 3 is 2.71 bits per heavy atom. The van der Waals surface area contributed by atoms with E-state index in [0.717, 1.165) is 11.1 Å². The van der Waals surface area contributed by atoms with Crippen LogP contribution in [0, 0.1) is 0 Å². The summed E-state index contributed by atoms with van der Waals surface area (Å²) in [7, 11) is 0. The van der Waals surface area contributed by atoms with Crippen LogP contribution < -0.4 is 5.32 Å². The van der Waals surface area contributed by atoms with E-state index in [1.165, 1.54) is 0 Å². The van der Waals surface area contributed by atoms with Gasteiger partial charge in [-0.05, 0) is 44.9 Å². The molecule has 0 spiro atoms. The van der Waals surface area contributed by atoms with Crippen molar-refractivity contribution in [3.63, 3.8) is 0 Å². The maximum atomic E-state index is 12.8. The van der Waals surface area contributed by atoms with Gasteiger partial charge >= 0.3 is 12.1 Å². The maximum Gasteiger partial charge on any atom is 0.411 e. The zero-order valence-electron chi connectivity index (χ0n) is 16.7. The van der Waals surface area contributed by atoms with Gasteiger partial charge in [0.05, 0.1) is 24.9 Å². The van der Waals surface area contributed by atoms with E-state index < -0.39 is 11.6 Å². The second kappa shape index (κ2) is 7.96. The number of amides is 1. The minimum atomic E-state index is -0.568. The maximum absolute atomic E-state index is 12.8. The molecule has 2 heterocycles. The number of nitrogens with one attached hydrogen (secondary N) is 2. The molecule has 7 nitrogen and oxygen atoms in total. The molecule has 0 radical (unpaired) electrons. The van der Waals surface area contributed by atoms with Gasteiger partial charge in [0, 0.05) is 12.7 Å². The van der Waals surface area contributed by atoms with E-state index in [9.17, 15) is 9.59 Å². The first-order valence-corrected chi connectivity index (χ1v) is 9.46. The van der Waals surface area contributed by atoms with Gasteiger partial charge in [0.1, 0.15) is 11.3 Å². The summed E-state index contributed by atoms with van der Waals surface area (Å²) >= 11 is 0. The van der Waals surface area contributed by atoms with Crippen molar-refractivity contribution in [2.24, 2.45) is 0 Å². The van der Waals surface area contributed by atoms with Crippen LogP contribution >= 0.6 is 0 Å². The Kier molecular flexibility index (Phi) is 5.63. The number of ether oxygens (including phenoxy) is 2. The highest BCUT2D eigenvalue weighted by molar-refractivity contribution is 5.93. The largest absolute Gasteiger partial charge is 0.461 e. The third-order valence-corrected chi connectivity index (χ3v) is 4.47. The van der Waals surface area contributed by atoms with Gasteiger partial charge in [0.25, 0.3) is 0 Å². The molecular weight excluding hydrogens is 358 g/mol. The lowest BCUT2D eigenvalue weighted by Crippen LogP contribution is -2.38. The molecule has 3 rings (SSSR count). The third kappa shape index (κ3) is 4.30. The lowest BCUT2D eigenvalue weighted by atomic mass is 10.0. The van der Waals surface area contributed by atoms with Crippen molar-refractivity contribution in [2.75, 3.05) is 18.5 Å². The fourth-order valence-corrected chi connectivity index (χ4v) is 3.29. The average molecular weight is 385 g/mol. The van der Waals surface area contributed by atoms with Crippen LogP contribution in [0.3, 0.4) is 0 Å². The summed E-state index contributed by atoms with van der Waals surface area (Å²) in [5.74, 6) is -0.411. The standard InChI is InChI=1S/C21H27N3O4/c1-5-27-19(25)18-16(10-11-22-18)23-12-17-15-9-7-6-8-14(15)13-24(17)20(26)28-21(2,3)4/h6-11,17,22-23H,5,12-13H2,1-4H3. The van der Waals surface area contributed by atoms with Crippen LogP contribution in [0.15, 0.2) is 36.5 Å². The van der Waals surface area contributed by atoms with Crippen molar-refractivity contribution >= 4 is 17.7 Å². The molecule has 2 N–H and O–H groups in total. The van der Waals surface area contributed by atoms with Crippen molar-refractivity contribution in [1.29, 1.82) is 0 Å². The number of nitrogens with zero attached hydrogens (tertiary/aromatic N) is 1. The fourth-order valence-electron chi connectivity index (χ4n) is 3.29. The molecule has 0 saturated heterocycles. The number of carbonyl (C=O) groups excluding carboxylic acids is 2. The Hall–Kier alpha value is -2.96. The zero-order valence-corrected chi connectivity index (χ0v) is 16.7. The van der Waals surface area contributed by atoms with Crippen molar-refractivity contribution < 1.29 is 19.1 Å². The number of fused-ring (bicyclic) bond motifs is 1. The Labute approximate surface area is 165 Å². The summed E-state index contributed by atoms with van der Waals surface area (Å²) in [6.07, 6.45) is 1.33. The molecule has 28 heavy (non-hydrogen) atoms. The molecular formula is C21H27N3O4. The number of aromatic amines is 1. The van der Waals surface area contributed by atoms with Crippen LogP contribution in [-0.2, 0) is 16.0 Å². The fraction of sp³-hybridized carbons (Fsp3) is 0.429. The van der Waals surface area contributed by atoms with Gasteiger partial charge in [-0.25, -0.2) is 9.59 Å². The number of rotatable bonds is 5. The summed E-state index contributed by atoms with van der Waals surface area (Å²) < 4.78 is 10.7. The van der Waals surface area contributed by atoms with E-state index in [-0.39, 0.29) is 12.1 Å². The van der Waals surface area contributed by atoms with Crippen LogP contribution in [0.25, 0.3) is 0 Å². The lowest BCUT2D eigenvalue weighted by Gasteiger charge is -2.29. The van der Waals surface area contributed by atoms with E-state index in [1.54, 1.807) is 24.1 Å². The van der Waals surface area contributed by atoms with Gasteiger partial charge in [0.2, 0.25) is 0 Å². The second-order valence-corrected chi connectivity index (χ2v) is 7.69. The monoisotopic (exact) mass is 385 g/mol. The molecule has 1 atom stereocenters. The van der Waals surface area contributed by atoms with E-state index in [4.69, 9.17) is 9.47 Å². The molecule has 0 saturated carbocycles. The Morgan fingerprint density at radius 1 is 1.25 bits per heavy atom. The van der Waals surface area contributed by atoms with E-state index in [0.29, 0.717) is 31.1 Å². The number of carbonyl (C=O) groups is 2. The van der Waals surface area contributed by atoms with Crippen LogP contribution in [0.1, 0.15) is 55.4 Å². The normalized spacial score (nSPS) is 15.9. The molecule has 0 fully saturated rings. The van der Waals surface area contributed by atoms with Gasteiger partial charge in [-0.3, -0.25) is 4.90 Å². The number of aromatic nitrogens is 1. The predicted molar refractivity (Wildman–Crippen MR) is 106 cm³/mol. The number of anilines is 1. The SMILES string of the molecule is CCOC(=O)c1[nH]ccc1NCC1c2ccccc2CN1C(=O)OC(C)(C)C. The molecule has 0 aliphatic carbocycles. The summed E-state index contributed by atoms with van der Waals surface area (Å²) in [5, 5.41) is 3.28. The molecule has 1 aliphatic rings. The summed E-state index contributed by atoms with van der Waals surface area (Å²) in [5.41, 5.74) is 2.62. The Morgan fingerprint density at radius 2 is 2.00 bits per heavy atom. The van der Waals surface area contributed by atoms with Crippen molar-refractivity contribution in [1.82, 2.24) is 9.88 Å². The first-order valence-electron chi connectivity index (χ1n) is 9.46. The van der Waals surface area contributed by atoms with Crippen LogP contribution in [0.2, 0.25) is 0 Å². The van der Waals surface area contributed by atoms with Gasteiger partial charge in [-0.15, -0.1) is 0 Å². The summed E-state index contributed by atoms with van der Waals surface area (Å²) in [4.78, 5) is 29.5. The first kappa shape index (κ1) is 19.8. The smallest absolute Gasteiger partial charge is 0.411 e. The van der Waals surface area contributed by atoms with Crippen molar-refractivity contribution in [3.8, 4) is 0 Å². The minimum Gasteiger partial charge on any atom is -0.461 e. The molecule has 1 unspecified atom stereocenters. The van der Waals surface area contributed by atoms with Crippen molar-refractivity contribution in [2.45, 2.75) is 45.9 Å². The minimum absolute atomic E-state index is 0.198. The molecule has 1 aromatic carbocycles. The van der Waals surface area contributed by atoms with Gasteiger partial charge in [-0.1, -0.05) is 24.3 Å². The molecule has 2 aromatic rings. The highest BCUT2D eigenvalue weighted by Gasteiger charge is 2.36. The number of hydrogen-bond donors (Lipinski definition) is 2. The van der Waals surface area contributed by atoms with E-state index >= 15 is 0 Å². The molecule has 150 valence electrons. The van der Waals surface area contributed by atoms with Crippen LogP contribution in [0.5, 0.6) is 0 Å². The van der Waals surface area contributed by atoms with Crippen molar-refractivity contribution in [3.05, 3.63) is 53.3 Å². The lowest BCUT2D eigenvalue weighted by molar-refractivity contribution is 0.0182. The van der Waals surface area contributed by atoms with Crippen LogP contribution in [-0.4, -0.2) is 40.7 Å². The Balaban J connectivity index is 1.79. The van der Waals surface area contributed by atoms with Crippen LogP contribution in [0.4, 0.5) is 10.5 Å². The predicted octanol–water partition coefficient (Wildman–Crippen LogP) is 4.10. The van der Waals surface area contributed by atoms with Gasteiger partial charge < -0.3 is 19.8 Å². The average Bonchev–Trinajstić information content (AvgIpc) is 3.23. The molecule has 1 aliphatic heterocycles.